The fraction of sp³-hybridized carbons (Fsp3) is 0.333. The van der Waals surface area contributed by atoms with Gasteiger partial charge in [-0.25, -0.2) is 0 Å². The van der Waals surface area contributed by atoms with E-state index in [2.05, 4.69) is 38.2 Å². The van der Waals surface area contributed by atoms with Crippen LogP contribution in [0.25, 0.3) is 0 Å². The van der Waals surface area contributed by atoms with Crippen LogP contribution in [-0.2, 0) is 23.2 Å². The van der Waals surface area contributed by atoms with E-state index in [4.69, 9.17) is 0 Å². The van der Waals surface area contributed by atoms with Gasteiger partial charge in [0.1, 0.15) is 0 Å². The third-order valence-corrected chi connectivity index (χ3v) is 7.06. The topological polar surface area (TPSA) is 0 Å². The Kier molecular flexibility index (Phi) is 7.58. The smallest absolute Gasteiger partial charge is 1.00 e. The predicted molar refractivity (Wildman–Crippen MR) is 52.9 cm³/mol. The molecule has 0 aromatic rings. The van der Waals surface area contributed by atoms with Gasteiger partial charge in [-0.3, -0.25) is 0 Å². The van der Waals surface area contributed by atoms with Gasteiger partial charge in [-0.1, -0.05) is 0 Å². The van der Waals surface area contributed by atoms with Crippen molar-refractivity contribution in [2.45, 2.75) is 26.7 Å². The van der Waals surface area contributed by atoms with Gasteiger partial charge in [-0.05, 0) is 0 Å². The third-order valence-electron chi connectivity index (χ3n) is 2.63. The minimum Gasteiger partial charge on any atom is -1.00 e. The second-order valence-electron chi connectivity index (χ2n) is 3.66. The van der Waals surface area contributed by atoms with Gasteiger partial charge in [0.15, 0.2) is 0 Å². The summed E-state index contributed by atoms with van der Waals surface area (Å²) in [7, 11) is 0. The van der Waals surface area contributed by atoms with E-state index in [0.29, 0.717) is 0 Å². The van der Waals surface area contributed by atoms with Crippen LogP contribution in [-0.4, -0.2) is 0 Å². The first-order chi connectivity index (χ1) is 6.27. The Labute approximate surface area is 125 Å². The largest absolute Gasteiger partial charge is 1.00 e. The molecule has 2 aliphatic carbocycles. The van der Waals surface area contributed by atoms with Crippen molar-refractivity contribution in [3.05, 3.63) is 42.0 Å². The molecule has 0 saturated heterocycles. The molecule has 2 rings (SSSR count). The Hall–Kier alpha value is 0.803. The molecule has 15 heavy (non-hydrogen) atoms. The Balaban J connectivity index is 0.000000980. The van der Waals surface area contributed by atoms with Crippen molar-refractivity contribution in [3.8, 4) is 0 Å². The van der Waals surface area contributed by atoms with E-state index >= 15 is 0 Å². The zero-order chi connectivity index (χ0) is 9.26. The first-order valence-electron chi connectivity index (χ1n) is 4.77. The van der Waals surface area contributed by atoms with Crippen LogP contribution in [0, 0.1) is 0 Å². The summed E-state index contributed by atoms with van der Waals surface area (Å²) >= 11 is -0.385. The van der Waals surface area contributed by atoms with Crippen LogP contribution in [0.3, 0.4) is 0 Å². The molecular weight excluding hydrogens is 395 g/mol. The quantitative estimate of drug-likeness (QED) is 0.475. The van der Waals surface area contributed by atoms with Crippen LogP contribution in [0.2, 0.25) is 0 Å². The van der Waals surface area contributed by atoms with Crippen molar-refractivity contribution < 1.29 is 57.2 Å². The summed E-state index contributed by atoms with van der Waals surface area (Å²) in [6, 6.07) is 0. The summed E-state index contributed by atoms with van der Waals surface area (Å²) in [4.78, 5) is 0. The number of hydrogen-bond donors (Lipinski definition) is 0. The Morgan fingerprint density at radius 2 is 1.27 bits per heavy atom. The fourth-order valence-corrected chi connectivity index (χ4v) is 5.07. The van der Waals surface area contributed by atoms with Crippen molar-refractivity contribution in [3.63, 3.8) is 0 Å². The van der Waals surface area contributed by atoms with Crippen molar-refractivity contribution in [2.24, 2.45) is 0 Å². The molecule has 0 heterocycles. The molecule has 0 aromatic carbocycles. The van der Waals surface area contributed by atoms with Gasteiger partial charge in [-0.2, -0.15) is 0 Å². The van der Waals surface area contributed by atoms with Crippen molar-refractivity contribution in [2.75, 3.05) is 0 Å². The van der Waals surface area contributed by atoms with Crippen LogP contribution >= 0.6 is 0 Å². The fourth-order valence-electron chi connectivity index (χ4n) is 1.71. The van der Waals surface area contributed by atoms with Gasteiger partial charge in [0.2, 0.25) is 0 Å². The molecule has 0 aliphatic heterocycles. The maximum Gasteiger partial charge on any atom is -1.00 e. The van der Waals surface area contributed by atoms with E-state index in [9.17, 15) is 0 Å². The number of allylic oxidation sites excluding steroid dienone is 8. The molecule has 2 aliphatic rings. The zero-order valence-corrected chi connectivity index (χ0v) is 14.6. The van der Waals surface area contributed by atoms with Crippen molar-refractivity contribution in [1.29, 1.82) is 0 Å². The van der Waals surface area contributed by atoms with Crippen LogP contribution in [0.1, 0.15) is 26.7 Å². The number of rotatable bonds is 2. The molecule has 0 spiro atoms. The molecule has 0 aromatic heterocycles. The van der Waals surface area contributed by atoms with Crippen LogP contribution in [0.15, 0.2) is 42.0 Å². The molecule has 0 fully saturated rings. The van der Waals surface area contributed by atoms with Gasteiger partial charge in [0.25, 0.3) is 0 Å². The minimum absolute atomic E-state index is 0. The molecule has 0 saturated carbocycles. The number of hydrogen-bond acceptors (Lipinski definition) is 0. The van der Waals surface area contributed by atoms with Gasteiger partial charge < -0.3 is 34.0 Å². The van der Waals surface area contributed by atoms with E-state index in [-0.39, 0.29) is 57.2 Å². The van der Waals surface area contributed by atoms with Gasteiger partial charge in [0.05, 0.1) is 0 Å². The molecule has 0 unspecified atom stereocenters. The van der Waals surface area contributed by atoms with Gasteiger partial charge in [0, 0.05) is 0 Å². The van der Waals surface area contributed by atoms with Crippen LogP contribution in [0.4, 0.5) is 0 Å². The molecule has 3 heteroatoms. The van der Waals surface area contributed by atoms with Crippen LogP contribution in [0.5, 0.6) is 0 Å². The molecular formula is C12H14Br2Zr. The second kappa shape index (κ2) is 7.19. The SMILES string of the molecule is CC1=[C]([Zr+2][C]2=C(C)C=CC2)CC=C1.[Br-].[Br-]. The maximum absolute atomic E-state index is 2.31. The van der Waals surface area contributed by atoms with E-state index in [0.717, 1.165) is 0 Å². The normalized spacial score (nSPS) is 17.7. The average molecular weight is 409 g/mol. The molecule has 0 radical (unpaired) electrons. The predicted octanol–water partition coefficient (Wildman–Crippen LogP) is -2.46. The summed E-state index contributed by atoms with van der Waals surface area (Å²) in [5.41, 5.74) is 3.11. The van der Waals surface area contributed by atoms with E-state index in [1.54, 1.807) is 17.7 Å². The van der Waals surface area contributed by atoms with E-state index < -0.39 is 0 Å². The van der Waals surface area contributed by atoms with Crippen LogP contribution < -0.4 is 34.0 Å². The second-order valence-corrected chi connectivity index (χ2v) is 7.24. The molecule has 0 bridgehead atoms. The summed E-state index contributed by atoms with van der Waals surface area (Å²) in [6.45, 7) is 4.52. The summed E-state index contributed by atoms with van der Waals surface area (Å²) in [5, 5.41) is 0. The van der Waals surface area contributed by atoms with Gasteiger partial charge >= 0.3 is 91.9 Å². The molecule has 80 valence electrons. The zero-order valence-electron chi connectivity index (χ0n) is 8.98. The molecule has 0 nitrogen and oxygen atoms in total. The molecule has 0 atom stereocenters. The molecule has 0 amide bonds. The maximum atomic E-state index is 2.31. The first-order valence-corrected chi connectivity index (χ1v) is 7.23. The summed E-state index contributed by atoms with van der Waals surface area (Å²) < 4.78 is 3.56. The average Bonchev–Trinajstić information content (AvgIpc) is 2.65. The van der Waals surface area contributed by atoms with E-state index in [1.165, 1.54) is 12.8 Å². The summed E-state index contributed by atoms with van der Waals surface area (Å²) in [5.74, 6) is 0. The Bertz CT molecular complexity index is 315. The van der Waals surface area contributed by atoms with Crippen molar-refractivity contribution in [1.82, 2.24) is 0 Å². The standard InChI is InChI=1S/2C6H7.2BrH.Zr/c2*1-6-4-2-3-5-6;;;/h2*2,4H,3H2,1H3;2*1H;/q;;;;+2/p-2. The minimum atomic E-state index is -0.385. The monoisotopic (exact) mass is 406 g/mol. The van der Waals surface area contributed by atoms with E-state index in [1.807, 2.05) is 0 Å². The number of halogens is 2. The first kappa shape index (κ1) is 15.8. The third kappa shape index (κ3) is 3.94. The summed E-state index contributed by atoms with van der Waals surface area (Å²) in [6.07, 6.45) is 11.7. The van der Waals surface area contributed by atoms with Gasteiger partial charge in [-0.15, -0.1) is 0 Å². The molecule has 0 N–H and O–H groups in total. The Morgan fingerprint density at radius 3 is 1.53 bits per heavy atom. The Morgan fingerprint density at radius 1 is 0.867 bits per heavy atom. The van der Waals surface area contributed by atoms with Crippen molar-refractivity contribution >= 4 is 0 Å².